The largest absolute Gasteiger partial charge is 0.373 e. The first-order chi connectivity index (χ1) is 15.4. The quantitative estimate of drug-likeness (QED) is 0.470. The van der Waals surface area contributed by atoms with Crippen LogP contribution in [0.4, 0.5) is 4.39 Å². The number of hydrogen-bond donors (Lipinski definition) is 0. The molecule has 1 fully saturated rings. The number of fused-ring (bicyclic) bond motifs is 3. The van der Waals surface area contributed by atoms with Crippen molar-refractivity contribution in [3.05, 3.63) is 69.2 Å². The highest BCUT2D eigenvalue weighted by atomic mass is 35.5. The minimum atomic E-state index is -0.483. The topological polar surface area (TPSA) is 77.6 Å². The molecule has 2 atom stereocenters. The van der Waals surface area contributed by atoms with Crippen LogP contribution in [0, 0.1) is 5.82 Å². The molecule has 1 aliphatic rings. The highest BCUT2D eigenvalue weighted by molar-refractivity contribution is 6.30. The molecule has 5 rings (SSSR count). The monoisotopic (exact) mass is 456 g/mol. The second-order valence-corrected chi connectivity index (χ2v) is 8.70. The maximum Gasteiger partial charge on any atom is 0.352 e. The summed E-state index contributed by atoms with van der Waals surface area (Å²) in [6.07, 6.45) is 3.42. The Morgan fingerprint density at radius 2 is 1.91 bits per heavy atom. The van der Waals surface area contributed by atoms with Crippen molar-refractivity contribution in [2.45, 2.75) is 39.1 Å². The summed E-state index contributed by atoms with van der Waals surface area (Å²) < 4.78 is 22.9. The molecule has 0 bridgehead atoms. The maximum absolute atomic E-state index is 14.4. The number of ether oxygens (including phenoxy) is 1. The molecule has 2 unspecified atom stereocenters. The number of halogens is 2. The van der Waals surface area contributed by atoms with Crippen molar-refractivity contribution >= 4 is 28.3 Å². The van der Waals surface area contributed by atoms with E-state index < -0.39 is 11.5 Å². The average Bonchev–Trinajstić information content (AvgIpc) is 3.22. The number of morpholine rings is 1. The van der Waals surface area contributed by atoms with E-state index in [1.54, 1.807) is 18.3 Å². The van der Waals surface area contributed by atoms with Crippen molar-refractivity contribution < 1.29 is 9.13 Å². The molecule has 0 saturated carbocycles. The number of aromatic nitrogens is 5. The lowest BCUT2D eigenvalue weighted by atomic mass is 10.1. The van der Waals surface area contributed by atoms with E-state index in [2.05, 4.69) is 33.8 Å². The fourth-order valence-electron chi connectivity index (χ4n) is 4.37. The smallest absolute Gasteiger partial charge is 0.352 e. The van der Waals surface area contributed by atoms with Crippen molar-refractivity contribution in [1.82, 2.24) is 29.0 Å². The second-order valence-electron chi connectivity index (χ2n) is 8.27. The zero-order chi connectivity index (χ0) is 22.4. The van der Waals surface area contributed by atoms with Gasteiger partial charge in [-0.3, -0.25) is 9.47 Å². The fraction of sp³-hybridized carbons (Fsp3) is 0.364. The van der Waals surface area contributed by atoms with Gasteiger partial charge in [0.2, 0.25) is 0 Å². The van der Waals surface area contributed by atoms with Crippen LogP contribution in [0.5, 0.6) is 0 Å². The van der Waals surface area contributed by atoms with Gasteiger partial charge in [-0.2, -0.15) is 9.61 Å². The van der Waals surface area contributed by atoms with Crippen molar-refractivity contribution in [1.29, 1.82) is 0 Å². The van der Waals surface area contributed by atoms with Gasteiger partial charge in [0.1, 0.15) is 17.8 Å². The van der Waals surface area contributed by atoms with Crippen LogP contribution in [0.1, 0.15) is 25.0 Å². The van der Waals surface area contributed by atoms with Crippen molar-refractivity contribution in [3.63, 3.8) is 0 Å². The molecule has 8 nitrogen and oxygen atoms in total. The molecule has 0 amide bonds. The number of rotatable bonds is 4. The predicted octanol–water partition coefficient (Wildman–Crippen LogP) is 2.89. The Labute approximate surface area is 188 Å². The fourth-order valence-corrected chi connectivity index (χ4v) is 4.53. The molecule has 0 radical (unpaired) electrons. The third-order valence-corrected chi connectivity index (χ3v) is 5.86. The van der Waals surface area contributed by atoms with E-state index in [1.807, 2.05) is 6.07 Å². The van der Waals surface area contributed by atoms with E-state index in [0.29, 0.717) is 33.8 Å². The summed E-state index contributed by atoms with van der Waals surface area (Å²) in [4.78, 5) is 24.3. The molecule has 32 heavy (non-hydrogen) atoms. The van der Waals surface area contributed by atoms with Gasteiger partial charge in [-0.05, 0) is 37.6 Å². The Morgan fingerprint density at radius 3 is 2.66 bits per heavy atom. The predicted molar refractivity (Wildman–Crippen MR) is 118 cm³/mol. The van der Waals surface area contributed by atoms with Gasteiger partial charge in [0.25, 0.3) is 0 Å². The first-order valence-electron chi connectivity index (χ1n) is 10.4. The lowest BCUT2D eigenvalue weighted by Crippen LogP contribution is -2.44. The Morgan fingerprint density at radius 1 is 1.12 bits per heavy atom. The van der Waals surface area contributed by atoms with Gasteiger partial charge < -0.3 is 4.74 Å². The minimum Gasteiger partial charge on any atom is -0.373 e. The molecule has 4 heterocycles. The normalized spacial score (nSPS) is 19.8. The summed E-state index contributed by atoms with van der Waals surface area (Å²) in [5.74, 6) is -0.483. The first kappa shape index (κ1) is 21.0. The molecule has 3 aromatic heterocycles. The van der Waals surface area contributed by atoms with Crippen LogP contribution in [0.15, 0.2) is 41.6 Å². The molecule has 1 aromatic carbocycles. The van der Waals surface area contributed by atoms with Crippen LogP contribution in [0.3, 0.4) is 0 Å². The third kappa shape index (κ3) is 3.87. The average molecular weight is 457 g/mol. The number of benzene rings is 1. The van der Waals surface area contributed by atoms with Gasteiger partial charge >= 0.3 is 5.69 Å². The summed E-state index contributed by atoms with van der Waals surface area (Å²) in [5.41, 5.74) is 1.75. The zero-order valence-electron chi connectivity index (χ0n) is 17.7. The van der Waals surface area contributed by atoms with Crippen LogP contribution in [-0.4, -0.2) is 54.3 Å². The highest BCUT2D eigenvalue weighted by Gasteiger charge is 2.23. The molecule has 0 spiro atoms. The summed E-state index contributed by atoms with van der Waals surface area (Å²) >= 11 is 5.87. The Balaban J connectivity index is 1.58. The van der Waals surface area contributed by atoms with E-state index >= 15 is 0 Å². The standard InChI is InChI=1S/C22H22ClFN6O2/c1-13-8-28(9-14(2)32-13)10-15-5-18-20(25-7-15)29(22(31)30-21(18)26-12-27-30)11-16-3-4-17(23)6-19(16)24/h3-7,12-14H,8-11H2,1-2H3. The Bertz CT molecular complexity index is 1360. The van der Waals surface area contributed by atoms with Crippen LogP contribution >= 0.6 is 11.6 Å². The molecule has 0 aliphatic carbocycles. The lowest BCUT2D eigenvalue weighted by Gasteiger charge is -2.35. The van der Waals surface area contributed by atoms with Crippen LogP contribution in [-0.2, 0) is 17.8 Å². The van der Waals surface area contributed by atoms with E-state index in [1.165, 1.54) is 21.5 Å². The molecule has 4 aromatic rings. The van der Waals surface area contributed by atoms with E-state index in [4.69, 9.17) is 16.3 Å². The van der Waals surface area contributed by atoms with E-state index in [9.17, 15) is 9.18 Å². The SMILES string of the molecule is CC1CN(Cc2cnc3c(c2)c2ncnn2c(=O)n3Cc2ccc(Cl)cc2F)CC(C)O1. The molecule has 0 N–H and O–H groups in total. The van der Waals surface area contributed by atoms with Gasteiger partial charge in [0.05, 0.1) is 24.1 Å². The summed E-state index contributed by atoms with van der Waals surface area (Å²) in [6.45, 7) is 6.49. The summed E-state index contributed by atoms with van der Waals surface area (Å²) in [5, 5.41) is 5.05. The number of hydrogen-bond acceptors (Lipinski definition) is 6. The maximum atomic E-state index is 14.4. The number of pyridine rings is 1. The van der Waals surface area contributed by atoms with Gasteiger partial charge in [-0.1, -0.05) is 17.7 Å². The van der Waals surface area contributed by atoms with Crippen LogP contribution < -0.4 is 5.69 Å². The molecular weight excluding hydrogens is 435 g/mol. The van der Waals surface area contributed by atoms with Gasteiger partial charge in [-0.25, -0.2) is 19.2 Å². The van der Waals surface area contributed by atoms with Crippen molar-refractivity contribution in [3.8, 4) is 0 Å². The molecule has 10 heteroatoms. The van der Waals surface area contributed by atoms with Crippen LogP contribution in [0.2, 0.25) is 5.02 Å². The Hall–Kier alpha value is -2.88. The zero-order valence-corrected chi connectivity index (χ0v) is 18.5. The third-order valence-electron chi connectivity index (χ3n) is 5.62. The minimum absolute atomic E-state index is 0.00102. The molecule has 1 saturated heterocycles. The molecule has 166 valence electrons. The summed E-state index contributed by atoms with van der Waals surface area (Å²) in [6, 6.07) is 6.37. The van der Waals surface area contributed by atoms with Gasteiger partial charge in [0, 0.05) is 36.4 Å². The number of nitrogens with zero attached hydrogens (tertiary/aromatic N) is 6. The van der Waals surface area contributed by atoms with Crippen LogP contribution in [0.25, 0.3) is 16.7 Å². The Kier molecular flexibility index (Phi) is 5.40. The first-order valence-corrected chi connectivity index (χ1v) is 10.8. The summed E-state index contributed by atoms with van der Waals surface area (Å²) in [7, 11) is 0. The van der Waals surface area contributed by atoms with Gasteiger partial charge in [-0.15, -0.1) is 0 Å². The van der Waals surface area contributed by atoms with E-state index in [-0.39, 0.29) is 18.8 Å². The van der Waals surface area contributed by atoms with Gasteiger partial charge in [0.15, 0.2) is 5.65 Å². The van der Waals surface area contributed by atoms with Crippen molar-refractivity contribution in [2.75, 3.05) is 13.1 Å². The molecule has 1 aliphatic heterocycles. The lowest BCUT2D eigenvalue weighted by molar-refractivity contribution is -0.0705. The highest BCUT2D eigenvalue weighted by Crippen LogP contribution is 2.21. The van der Waals surface area contributed by atoms with Crippen molar-refractivity contribution in [2.24, 2.45) is 0 Å². The molecular formula is C22H22ClFN6O2. The second kappa shape index (κ2) is 8.23. The van der Waals surface area contributed by atoms with E-state index in [0.717, 1.165) is 18.7 Å².